The molecule has 0 spiro atoms. The van der Waals surface area contributed by atoms with Gasteiger partial charge >= 0.3 is 11.8 Å². The van der Waals surface area contributed by atoms with Crippen molar-refractivity contribution in [2.45, 2.75) is 12.8 Å². The molecule has 2 amide bonds. The van der Waals surface area contributed by atoms with Crippen LogP contribution in [-0.4, -0.2) is 18.4 Å². The summed E-state index contributed by atoms with van der Waals surface area (Å²) in [4.78, 5) is 26.3. The number of amides is 2. The number of nitriles is 1. The van der Waals surface area contributed by atoms with Crippen LogP contribution in [0.1, 0.15) is 17.5 Å². The van der Waals surface area contributed by atoms with Crippen molar-refractivity contribution >= 4 is 23.2 Å². The Bertz CT molecular complexity index is 808. The molecule has 0 fully saturated rings. The average Bonchev–Trinajstić information content (AvgIpc) is 2.61. The number of aryl methyl sites for hydroxylation is 1. The van der Waals surface area contributed by atoms with E-state index in [4.69, 9.17) is 5.26 Å². The van der Waals surface area contributed by atoms with Crippen molar-refractivity contribution in [3.05, 3.63) is 59.7 Å². The quantitative estimate of drug-likeness (QED) is 0.823. The fraction of sp³-hybridized carbons (Fsp3) is 0.167. The average molecular weight is 305 g/mol. The lowest BCUT2D eigenvalue weighted by molar-refractivity contribution is -0.134. The molecular weight excluding hydrogens is 290 g/mol. The third kappa shape index (κ3) is 2.92. The summed E-state index contributed by atoms with van der Waals surface area (Å²) in [7, 11) is 0. The molecule has 1 aliphatic rings. The number of para-hydroxylation sites is 2. The van der Waals surface area contributed by atoms with E-state index in [1.165, 1.54) is 4.90 Å². The van der Waals surface area contributed by atoms with Crippen LogP contribution in [0.5, 0.6) is 0 Å². The van der Waals surface area contributed by atoms with Gasteiger partial charge in [-0.05, 0) is 36.6 Å². The Labute approximate surface area is 134 Å². The van der Waals surface area contributed by atoms with Gasteiger partial charge < -0.3 is 10.2 Å². The van der Waals surface area contributed by atoms with Gasteiger partial charge in [-0.1, -0.05) is 30.3 Å². The summed E-state index contributed by atoms with van der Waals surface area (Å²) in [6.45, 7) is 0.517. The highest BCUT2D eigenvalue weighted by atomic mass is 16.2. The summed E-state index contributed by atoms with van der Waals surface area (Å²) in [5.74, 6) is -1.34. The highest BCUT2D eigenvalue weighted by Crippen LogP contribution is 2.27. The number of hydrogen-bond donors (Lipinski definition) is 1. The summed E-state index contributed by atoms with van der Waals surface area (Å²) in [6.07, 6.45) is 1.73. The van der Waals surface area contributed by atoms with Gasteiger partial charge in [0.15, 0.2) is 0 Å². The Kier molecular flexibility index (Phi) is 4.07. The molecule has 0 unspecified atom stereocenters. The van der Waals surface area contributed by atoms with Gasteiger partial charge in [0.2, 0.25) is 0 Å². The minimum absolute atomic E-state index is 0.327. The number of fused-ring (bicyclic) bond motifs is 1. The monoisotopic (exact) mass is 305 g/mol. The van der Waals surface area contributed by atoms with Gasteiger partial charge in [-0.25, -0.2) is 0 Å². The molecule has 3 rings (SSSR count). The fourth-order valence-electron chi connectivity index (χ4n) is 2.73. The van der Waals surface area contributed by atoms with E-state index in [1.54, 1.807) is 24.3 Å². The van der Waals surface area contributed by atoms with Crippen molar-refractivity contribution in [1.29, 1.82) is 5.26 Å². The number of anilines is 2. The Morgan fingerprint density at radius 3 is 2.65 bits per heavy atom. The SMILES string of the molecule is N#Cc1ccccc1NC(=O)C(=O)N1CCCc2ccccc21. The van der Waals surface area contributed by atoms with Crippen LogP contribution >= 0.6 is 0 Å². The summed E-state index contributed by atoms with van der Waals surface area (Å²) < 4.78 is 0. The van der Waals surface area contributed by atoms with Gasteiger partial charge in [-0.15, -0.1) is 0 Å². The van der Waals surface area contributed by atoms with Gasteiger partial charge in [-0.2, -0.15) is 5.26 Å². The summed E-state index contributed by atoms with van der Waals surface area (Å²) >= 11 is 0. The maximum absolute atomic E-state index is 12.5. The number of carbonyl (C=O) groups is 2. The number of hydrogen-bond acceptors (Lipinski definition) is 3. The highest BCUT2D eigenvalue weighted by Gasteiger charge is 2.27. The molecule has 23 heavy (non-hydrogen) atoms. The molecule has 1 aliphatic heterocycles. The molecule has 0 saturated heterocycles. The molecule has 2 aromatic rings. The van der Waals surface area contributed by atoms with E-state index in [2.05, 4.69) is 5.32 Å². The van der Waals surface area contributed by atoms with Crippen molar-refractivity contribution in [3.8, 4) is 6.07 Å². The van der Waals surface area contributed by atoms with E-state index in [-0.39, 0.29) is 0 Å². The lowest BCUT2D eigenvalue weighted by Gasteiger charge is -2.28. The summed E-state index contributed by atoms with van der Waals surface area (Å²) in [5.41, 5.74) is 2.52. The number of nitrogens with one attached hydrogen (secondary N) is 1. The van der Waals surface area contributed by atoms with E-state index < -0.39 is 11.8 Å². The first-order valence-corrected chi connectivity index (χ1v) is 7.40. The lowest BCUT2D eigenvalue weighted by Crippen LogP contribution is -2.42. The highest BCUT2D eigenvalue weighted by molar-refractivity contribution is 6.44. The predicted octanol–water partition coefficient (Wildman–Crippen LogP) is 2.48. The Morgan fingerprint density at radius 2 is 1.83 bits per heavy atom. The van der Waals surface area contributed by atoms with Crippen LogP contribution in [0.3, 0.4) is 0 Å². The second-order valence-corrected chi connectivity index (χ2v) is 5.30. The Hall–Kier alpha value is -3.13. The zero-order valence-corrected chi connectivity index (χ0v) is 12.5. The van der Waals surface area contributed by atoms with Gasteiger partial charge in [-0.3, -0.25) is 9.59 Å². The van der Waals surface area contributed by atoms with Gasteiger partial charge in [0.05, 0.1) is 11.3 Å². The molecule has 5 heteroatoms. The van der Waals surface area contributed by atoms with E-state index in [0.29, 0.717) is 17.8 Å². The Balaban J connectivity index is 1.82. The van der Waals surface area contributed by atoms with Gasteiger partial charge in [0.1, 0.15) is 6.07 Å². The van der Waals surface area contributed by atoms with Crippen molar-refractivity contribution in [2.24, 2.45) is 0 Å². The van der Waals surface area contributed by atoms with Crippen LogP contribution < -0.4 is 10.2 Å². The number of benzene rings is 2. The van der Waals surface area contributed by atoms with Crippen LogP contribution in [0.2, 0.25) is 0 Å². The first-order chi connectivity index (χ1) is 11.2. The Morgan fingerprint density at radius 1 is 1.09 bits per heavy atom. The molecule has 1 N–H and O–H groups in total. The zero-order chi connectivity index (χ0) is 16.2. The normalized spacial score (nSPS) is 12.9. The third-order valence-corrected chi connectivity index (χ3v) is 3.85. The predicted molar refractivity (Wildman–Crippen MR) is 86.9 cm³/mol. The van der Waals surface area contributed by atoms with Crippen LogP contribution in [-0.2, 0) is 16.0 Å². The van der Waals surface area contributed by atoms with Crippen LogP contribution in [0.4, 0.5) is 11.4 Å². The lowest BCUT2D eigenvalue weighted by atomic mass is 10.0. The topological polar surface area (TPSA) is 73.2 Å². The van der Waals surface area contributed by atoms with Gasteiger partial charge in [0, 0.05) is 12.2 Å². The maximum Gasteiger partial charge on any atom is 0.316 e. The number of nitrogens with zero attached hydrogens (tertiary/aromatic N) is 2. The smallest absolute Gasteiger partial charge is 0.316 e. The first-order valence-electron chi connectivity index (χ1n) is 7.40. The first kappa shape index (κ1) is 14.8. The second kappa shape index (κ2) is 6.32. The van der Waals surface area contributed by atoms with Crippen LogP contribution in [0, 0.1) is 11.3 Å². The van der Waals surface area contributed by atoms with E-state index >= 15 is 0 Å². The summed E-state index contributed by atoms with van der Waals surface area (Å²) in [5, 5.41) is 11.6. The third-order valence-electron chi connectivity index (χ3n) is 3.85. The molecular formula is C18H15N3O2. The summed E-state index contributed by atoms with van der Waals surface area (Å²) in [6, 6.07) is 16.2. The molecule has 2 aromatic carbocycles. The molecule has 0 aliphatic carbocycles. The minimum atomic E-state index is -0.732. The standard InChI is InChI=1S/C18H15N3O2/c19-12-14-7-1-3-9-15(14)20-17(22)18(23)21-11-5-8-13-6-2-4-10-16(13)21/h1-4,6-7,9-10H,5,8,11H2,(H,20,22). The van der Waals surface area contributed by atoms with Crippen molar-refractivity contribution < 1.29 is 9.59 Å². The van der Waals surface area contributed by atoms with Crippen LogP contribution in [0.15, 0.2) is 48.5 Å². The molecule has 0 atom stereocenters. The molecule has 0 radical (unpaired) electrons. The minimum Gasteiger partial charge on any atom is -0.317 e. The zero-order valence-electron chi connectivity index (χ0n) is 12.5. The van der Waals surface area contributed by atoms with Crippen molar-refractivity contribution in [2.75, 3.05) is 16.8 Å². The fourth-order valence-corrected chi connectivity index (χ4v) is 2.73. The van der Waals surface area contributed by atoms with Crippen LogP contribution in [0.25, 0.3) is 0 Å². The molecule has 1 heterocycles. The van der Waals surface area contributed by atoms with Gasteiger partial charge in [0.25, 0.3) is 0 Å². The molecule has 0 bridgehead atoms. The molecule has 0 aromatic heterocycles. The van der Waals surface area contributed by atoms with E-state index in [1.807, 2.05) is 30.3 Å². The number of carbonyl (C=O) groups excluding carboxylic acids is 2. The van der Waals surface area contributed by atoms with Crippen molar-refractivity contribution in [3.63, 3.8) is 0 Å². The second-order valence-electron chi connectivity index (χ2n) is 5.30. The number of rotatable bonds is 1. The van der Waals surface area contributed by atoms with Crippen molar-refractivity contribution in [1.82, 2.24) is 0 Å². The van der Waals surface area contributed by atoms with E-state index in [9.17, 15) is 9.59 Å². The molecule has 114 valence electrons. The maximum atomic E-state index is 12.5. The van der Waals surface area contributed by atoms with E-state index in [0.717, 1.165) is 24.1 Å². The molecule has 5 nitrogen and oxygen atoms in total. The largest absolute Gasteiger partial charge is 0.317 e. The molecule has 0 saturated carbocycles.